The summed E-state index contributed by atoms with van der Waals surface area (Å²) < 4.78 is 10.8. The average molecular weight is 176 g/mol. The molecule has 0 radical (unpaired) electrons. The molecule has 0 aliphatic carbocycles. The molecule has 0 aromatic carbocycles. The van der Waals surface area contributed by atoms with Gasteiger partial charge in [0.2, 0.25) is 0 Å². The van der Waals surface area contributed by atoms with Gasteiger partial charge in [-0.15, -0.1) is 0 Å². The van der Waals surface area contributed by atoms with Crippen LogP contribution in [0.25, 0.3) is 0 Å². The summed E-state index contributed by atoms with van der Waals surface area (Å²) in [4.78, 5) is 10.8. The lowest BCUT2D eigenvalue weighted by Gasteiger charge is -2.22. The minimum atomic E-state index is -2.29. The van der Waals surface area contributed by atoms with Crippen molar-refractivity contribution in [1.29, 1.82) is 0 Å². The zero-order valence-corrected chi connectivity index (χ0v) is 8.65. The summed E-state index contributed by atoms with van der Waals surface area (Å²) in [5.74, 6) is 0.258. The standard InChI is InChI=1S/C8H17O2P/c1-5-6-7(2)8(3,4)11(9)10/h7H,5-6H2,1-4H3. The van der Waals surface area contributed by atoms with Gasteiger partial charge in [-0.3, -0.25) is 0 Å². The van der Waals surface area contributed by atoms with Crippen LogP contribution in [0, 0.1) is 5.92 Å². The molecule has 0 aromatic heterocycles. The maximum absolute atomic E-state index is 10.8. The predicted molar refractivity (Wildman–Crippen MR) is 45.8 cm³/mol. The average Bonchev–Trinajstić information content (AvgIpc) is 1.88. The molecule has 0 rings (SSSR count). The van der Waals surface area contributed by atoms with Crippen LogP contribution in [0.3, 0.4) is 0 Å². The summed E-state index contributed by atoms with van der Waals surface area (Å²) in [7, 11) is -2.29. The van der Waals surface area contributed by atoms with Crippen LogP contribution < -0.4 is 4.89 Å². The Bertz CT molecular complexity index is 143. The Morgan fingerprint density at radius 1 is 1.55 bits per heavy atom. The van der Waals surface area contributed by atoms with Gasteiger partial charge in [-0.2, -0.15) is 0 Å². The van der Waals surface area contributed by atoms with E-state index in [1.54, 1.807) is 13.8 Å². The van der Waals surface area contributed by atoms with Gasteiger partial charge in [0.1, 0.15) is 0 Å². The zero-order valence-electron chi connectivity index (χ0n) is 7.76. The molecule has 0 aliphatic heterocycles. The quantitative estimate of drug-likeness (QED) is 0.616. The number of hydrogen-bond acceptors (Lipinski definition) is 2. The lowest BCUT2D eigenvalue weighted by molar-refractivity contribution is -0.170. The van der Waals surface area contributed by atoms with E-state index in [9.17, 15) is 9.46 Å². The molecular weight excluding hydrogens is 159 g/mol. The van der Waals surface area contributed by atoms with Crippen molar-refractivity contribution < 1.29 is 9.46 Å². The molecule has 0 fully saturated rings. The first-order valence-electron chi connectivity index (χ1n) is 4.07. The van der Waals surface area contributed by atoms with Crippen molar-refractivity contribution in [2.24, 2.45) is 5.92 Å². The molecule has 0 saturated heterocycles. The van der Waals surface area contributed by atoms with E-state index < -0.39 is 13.2 Å². The Balaban J connectivity index is 4.17. The van der Waals surface area contributed by atoms with Gasteiger partial charge < -0.3 is 4.89 Å². The molecule has 0 bridgehead atoms. The fourth-order valence-electron chi connectivity index (χ4n) is 0.966. The molecule has 11 heavy (non-hydrogen) atoms. The van der Waals surface area contributed by atoms with E-state index in [0.29, 0.717) is 0 Å². The van der Waals surface area contributed by atoms with Gasteiger partial charge in [-0.05, 0) is 20.3 Å². The van der Waals surface area contributed by atoms with Crippen molar-refractivity contribution in [3.8, 4) is 0 Å². The van der Waals surface area contributed by atoms with E-state index in [2.05, 4.69) is 6.92 Å². The lowest BCUT2D eigenvalue weighted by atomic mass is 9.93. The third-order valence-electron chi connectivity index (χ3n) is 2.40. The van der Waals surface area contributed by atoms with Gasteiger partial charge in [-0.1, -0.05) is 24.8 Å². The van der Waals surface area contributed by atoms with Crippen molar-refractivity contribution in [2.45, 2.75) is 45.7 Å². The summed E-state index contributed by atoms with van der Waals surface area (Å²) in [6.45, 7) is 7.65. The van der Waals surface area contributed by atoms with E-state index >= 15 is 0 Å². The molecule has 2 unspecified atom stereocenters. The summed E-state index contributed by atoms with van der Waals surface area (Å²) >= 11 is 0. The maximum atomic E-state index is 10.8. The Morgan fingerprint density at radius 2 is 2.00 bits per heavy atom. The lowest BCUT2D eigenvalue weighted by Crippen LogP contribution is -2.28. The maximum Gasteiger partial charge on any atom is 0.314 e. The van der Waals surface area contributed by atoms with Crippen molar-refractivity contribution in [2.75, 3.05) is 0 Å². The van der Waals surface area contributed by atoms with Crippen LogP contribution >= 0.6 is 8.03 Å². The van der Waals surface area contributed by atoms with Crippen LogP contribution in [0.4, 0.5) is 0 Å². The van der Waals surface area contributed by atoms with Gasteiger partial charge in [0.25, 0.3) is 0 Å². The second-order valence-electron chi connectivity index (χ2n) is 3.60. The molecule has 2 atom stereocenters. The van der Waals surface area contributed by atoms with Crippen LogP contribution in [0.2, 0.25) is 0 Å². The third kappa shape index (κ3) is 2.88. The minimum Gasteiger partial charge on any atom is -0.595 e. The Kier molecular flexibility index (Phi) is 4.20. The normalized spacial score (nSPS) is 16.3. The Hall–Kier alpha value is 0.0600. The summed E-state index contributed by atoms with van der Waals surface area (Å²) in [5.41, 5.74) is 0. The fourth-order valence-corrected chi connectivity index (χ4v) is 1.46. The second kappa shape index (κ2) is 4.18. The minimum absolute atomic E-state index is 0.258. The van der Waals surface area contributed by atoms with Crippen LogP contribution in [-0.4, -0.2) is 5.16 Å². The smallest absolute Gasteiger partial charge is 0.314 e. The molecule has 0 amide bonds. The monoisotopic (exact) mass is 176 g/mol. The topological polar surface area (TPSA) is 40.1 Å². The molecule has 0 saturated carbocycles. The highest BCUT2D eigenvalue weighted by Crippen LogP contribution is 2.39. The second-order valence-corrected chi connectivity index (χ2v) is 5.27. The molecule has 66 valence electrons. The fraction of sp³-hybridized carbons (Fsp3) is 1.00. The SMILES string of the molecule is CCCC(C)C(C)(C)[P+](=O)[O-]. The van der Waals surface area contributed by atoms with E-state index in [0.717, 1.165) is 12.8 Å². The summed E-state index contributed by atoms with van der Waals surface area (Å²) in [6.07, 6.45) is 2.03. The van der Waals surface area contributed by atoms with Crippen LogP contribution in [0.1, 0.15) is 40.5 Å². The number of hydrogen-bond donors (Lipinski definition) is 0. The van der Waals surface area contributed by atoms with Crippen molar-refractivity contribution in [3.63, 3.8) is 0 Å². The summed E-state index contributed by atoms with van der Waals surface area (Å²) in [6, 6.07) is 0. The highest BCUT2D eigenvalue weighted by molar-refractivity contribution is 7.38. The molecule has 0 aromatic rings. The molecular formula is C8H17O2P. The van der Waals surface area contributed by atoms with Crippen LogP contribution in [0.5, 0.6) is 0 Å². The Morgan fingerprint density at radius 3 is 2.27 bits per heavy atom. The van der Waals surface area contributed by atoms with Gasteiger partial charge in [0.15, 0.2) is 5.16 Å². The molecule has 3 heteroatoms. The third-order valence-corrected chi connectivity index (χ3v) is 3.78. The van der Waals surface area contributed by atoms with Crippen LogP contribution in [0.15, 0.2) is 0 Å². The van der Waals surface area contributed by atoms with Gasteiger partial charge in [0, 0.05) is 5.92 Å². The van der Waals surface area contributed by atoms with Crippen molar-refractivity contribution in [3.05, 3.63) is 0 Å². The van der Waals surface area contributed by atoms with E-state index in [4.69, 9.17) is 0 Å². The van der Waals surface area contributed by atoms with Crippen molar-refractivity contribution >= 4 is 8.03 Å². The Labute approximate surface area is 69.9 Å². The first kappa shape index (κ1) is 11.1. The van der Waals surface area contributed by atoms with E-state index in [1.165, 1.54) is 0 Å². The highest BCUT2D eigenvalue weighted by Gasteiger charge is 2.37. The van der Waals surface area contributed by atoms with E-state index in [-0.39, 0.29) is 5.92 Å². The molecule has 2 nitrogen and oxygen atoms in total. The predicted octanol–water partition coefficient (Wildman–Crippen LogP) is 2.30. The first-order valence-corrected chi connectivity index (χ1v) is 5.25. The van der Waals surface area contributed by atoms with Crippen molar-refractivity contribution in [1.82, 2.24) is 0 Å². The van der Waals surface area contributed by atoms with Gasteiger partial charge in [-0.25, -0.2) is 0 Å². The molecule has 0 spiro atoms. The summed E-state index contributed by atoms with van der Waals surface area (Å²) in [5, 5.41) is -0.536. The largest absolute Gasteiger partial charge is 0.595 e. The molecule has 0 N–H and O–H groups in total. The highest BCUT2D eigenvalue weighted by atomic mass is 31.1. The van der Waals surface area contributed by atoms with Gasteiger partial charge >= 0.3 is 8.03 Å². The first-order chi connectivity index (χ1) is 4.92. The van der Waals surface area contributed by atoms with E-state index in [1.807, 2.05) is 6.92 Å². The molecule has 0 heterocycles. The zero-order chi connectivity index (χ0) is 9.07. The van der Waals surface area contributed by atoms with Crippen LogP contribution in [-0.2, 0) is 4.57 Å². The van der Waals surface area contributed by atoms with Gasteiger partial charge in [0.05, 0.1) is 0 Å². The molecule has 0 aliphatic rings. The number of rotatable bonds is 4.